The van der Waals surface area contributed by atoms with Gasteiger partial charge in [-0.05, 0) is 56.2 Å². The molecule has 0 spiro atoms. The van der Waals surface area contributed by atoms with Crippen molar-refractivity contribution in [3.05, 3.63) is 58.7 Å². The fourth-order valence-electron chi connectivity index (χ4n) is 2.63. The normalized spacial score (nSPS) is 12.1. The van der Waals surface area contributed by atoms with Crippen LogP contribution in [0.25, 0.3) is 0 Å². The molecule has 0 aliphatic heterocycles. The van der Waals surface area contributed by atoms with Crippen LogP contribution in [-0.4, -0.2) is 20.9 Å². The summed E-state index contributed by atoms with van der Waals surface area (Å²) in [5, 5.41) is 2.64. The van der Waals surface area contributed by atoms with Crippen molar-refractivity contribution in [2.24, 2.45) is 0 Å². The number of aryl methyl sites for hydroxylation is 3. The summed E-state index contributed by atoms with van der Waals surface area (Å²) in [5.41, 5.74) is 2.35. The standard InChI is InChI=1S/C18H19F3N2O3S/c1-11-8-12(2)17(13(3)9-11)23-16(24)10-22-27(25,26)15-6-4-14(5-7-15)18(19,20)21/h4-9,22H,10H2,1-3H3,(H,23,24). The minimum atomic E-state index is -4.56. The zero-order chi connectivity index (χ0) is 20.4. The van der Waals surface area contributed by atoms with E-state index in [0.717, 1.165) is 28.8 Å². The van der Waals surface area contributed by atoms with Crippen LogP contribution in [0.1, 0.15) is 22.3 Å². The number of halogens is 3. The van der Waals surface area contributed by atoms with Crippen molar-refractivity contribution >= 4 is 21.6 Å². The summed E-state index contributed by atoms with van der Waals surface area (Å²) in [7, 11) is -4.12. The van der Waals surface area contributed by atoms with E-state index in [9.17, 15) is 26.4 Å². The molecule has 0 saturated carbocycles. The van der Waals surface area contributed by atoms with Gasteiger partial charge in [-0.3, -0.25) is 4.79 Å². The lowest BCUT2D eigenvalue weighted by Crippen LogP contribution is -2.33. The molecule has 0 fully saturated rings. The van der Waals surface area contributed by atoms with Gasteiger partial charge in [0, 0.05) is 5.69 Å². The lowest BCUT2D eigenvalue weighted by atomic mass is 10.1. The van der Waals surface area contributed by atoms with Crippen molar-refractivity contribution in [3.63, 3.8) is 0 Å². The topological polar surface area (TPSA) is 75.3 Å². The Hall–Kier alpha value is -2.39. The van der Waals surface area contributed by atoms with Crippen LogP contribution in [0.2, 0.25) is 0 Å². The van der Waals surface area contributed by atoms with E-state index >= 15 is 0 Å². The molecule has 2 aromatic carbocycles. The number of amides is 1. The predicted molar refractivity (Wildman–Crippen MR) is 95.9 cm³/mol. The van der Waals surface area contributed by atoms with E-state index in [-0.39, 0.29) is 4.90 Å². The average molecular weight is 400 g/mol. The third-order valence-electron chi connectivity index (χ3n) is 3.86. The first-order chi connectivity index (χ1) is 12.4. The first kappa shape index (κ1) is 20.9. The number of nitrogens with one attached hydrogen (secondary N) is 2. The second-order valence-electron chi connectivity index (χ2n) is 6.17. The van der Waals surface area contributed by atoms with E-state index in [1.54, 1.807) is 0 Å². The van der Waals surface area contributed by atoms with Gasteiger partial charge in [0.2, 0.25) is 15.9 Å². The van der Waals surface area contributed by atoms with Gasteiger partial charge in [-0.15, -0.1) is 0 Å². The molecule has 0 aromatic heterocycles. The minimum Gasteiger partial charge on any atom is -0.324 e. The molecule has 0 radical (unpaired) electrons. The van der Waals surface area contributed by atoms with Crippen LogP contribution in [0.5, 0.6) is 0 Å². The maximum atomic E-state index is 12.5. The Bertz CT molecular complexity index is 930. The van der Waals surface area contributed by atoms with Gasteiger partial charge in [-0.1, -0.05) is 17.7 Å². The van der Waals surface area contributed by atoms with Crippen molar-refractivity contribution in [2.75, 3.05) is 11.9 Å². The summed E-state index contributed by atoms with van der Waals surface area (Å²) < 4.78 is 64.0. The summed E-state index contributed by atoms with van der Waals surface area (Å²) in [5.74, 6) is -0.583. The highest BCUT2D eigenvalue weighted by Gasteiger charge is 2.30. The summed E-state index contributed by atoms with van der Waals surface area (Å²) >= 11 is 0. The van der Waals surface area contributed by atoms with Crippen LogP contribution in [0.4, 0.5) is 18.9 Å². The molecule has 27 heavy (non-hydrogen) atoms. The van der Waals surface area contributed by atoms with E-state index in [2.05, 4.69) is 10.0 Å². The molecule has 2 rings (SSSR count). The first-order valence-corrected chi connectivity index (χ1v) is 9.43. The SMILES string of the molecule is Cc1cc(C)c(NC(=O)CNS(=O)(=O)c2ccc(C(F)(F)F)cc2)c(C)c1. The lowest BCUT2D eigenvalue weighted by Gasteiger charge is -2.13. The van der Waals surface area contributed by atoms with E-state index in [1.165, 1.54) is 0 Å². The van der Waals surface area contributed by atoms with E-state index in [1.807, 2.05) is 32.9 Å². The molecule has 1 amide bonds. The van der Waals surface area contributed by atoms with Gasteiger partial charge in [-0.25, -0.2) is 13.1 Å². The third-order valence-corrected chi connectivity index (χ3v) is 5.27. The average Bonchev–Trinajstić information content (AvgIpc) is 2.55. The molecule has 0 aliphatic rings. The van der Waals surface area contributed by atoms with Crippen LogP contribution in [0, 0.1) is 20.8 Å². The smallest absolute Gasteiger partial charge is 0.324 e. The third kappa shape index (κ3) is 5.30. The predicted octanol–water partition coefficient (Wildman–Crippen LogP) is 3.55. The molecule has 0 unspecified atom stereocenters. The van der Waals surface area contributed by atoms with E-state index in [4.69, 9.17) is 0 Å². The van der Waals surface area contributed by atoms with Gasteiger partial charge in [-0.2, -0.15) is 13.2 Å². The van der Waals surface area contributed by atoms with Crippen LogP contribution in [-0.2, 0) is 21.0 Å². The molecular formula is C18H19F3N2O3S. The molecule has 0 aliphatic carbocycles. The maximum Gasteiger partial charge on any atom is 0.416 e. The van der Waals surface area contributed by atoms with Gasteiger partial charge < -0.3 is 5.32 Å². The van der Waals surface area contributed by atoms with Crippen molar-refractivity contribution < 1.29 is 26.4 Å². The molecule has 0 saturated heterocycles. The number of carbonyl (C=O) groups excluding carboxylic acids is 1. The van der Waals surface area contributed by atoms with Crippen LogP contribution in [0.3, 0.4) is 0 Å². The summed E-state index contributed by atoms with van der Waals surface area (Å²) in [6.07, 6.45) is -4.56. The quantitative estimate of drug-likeness (QED) is 0.806. The highest BCUT2D eigenvalue weighted by atomic mass is 32.2. The Morgan fingerprint density at radius 1 is 1.00 bits per heavy atom. The Labute approximate surface area is 155 Å². The highest BCUT2D eigenvalue weighted by molar-refractivity contribution is 7.89. The fourth-order valence-corrected chi connectivity index (χ4v) is 3.61. The van der Waals surface area contributed by atoms with Gasteiger partial charge in [0.15, 0.2) is 0 Å². The molecule has 0 atom stereocenters. The molecular weight excluding hydrogens is 381 g/mol. The van der Waals surface area contributed by atoms with Crippen molar-refractivity contribution in [1.29, 1.82) is 0 Å². The molecule has 2 aromatic rings. The van der Waals surface area contributed by atoms with Crippen LogP contribution < -0.4 is 10.0 Å². The first-order valence-electron chi connectivity index (χ1n) is 7.95. The Balaban J connectivity index is 2.06. The number of hydrogen-bond acceptors (Lipinski definition) is 3. The number of anilines is 1. The van der Waals surface area contributed by atoms with E-state index in [0.29, 0.717) is 17.8 Å². The van der Waals surface area contributed by atoms with Gasteiger partial charge in [0.05, 0.1) is 17.0 Å². The molecule has 0 bridgehead atoms. The number of carbonyl (C=O) groups is 1. The summed E-state index contributed by atoms with van der Waals surface area (Å²) in [6.45, 7) is 5.02. The Morgan fingerprint density at radius 2 is 1.52 bits per heavy atom. The zero-order valence-electron chi connectivity index (χ0n) is 14.9. The van der Waals surface area contributed by atoms with Crippen LogP contribution >= 0.6 is 0 Å². The molecule has 9 heteroatoms. The fraction of sp³-hybridized carbons (Fsp3) is 0.278. The van der Waals surface area contributed by atoms with Crippen molar-refractivity contribution in [2.45, 2.75) is 31.8 Å². The molecule has 146 valence electrons. The molecule has 0 heterocycles. The van der Waals surface area contributed by atoms with E-state index < -0.39 is 34.2 Å². The molecule has 2 N–H and O–H groups in total. The summed E-state index contributed by atoms with van der Waals surface area (Å²) in [4.78, 5) is 11.7. The highest BCUT2D eigenvalue weighted by Crippen LogP contribution is 2.29. The second-order valence-corrected chi connectivity index (χ2v) is 7.94. The molecule has 5 nitrogen and oxygen atoms in total. The van der Waals surface area contributed by atoms with Gasteiger partial charge in [0.25, 0.3) is 0 Å². The van der Waals surface area contributed by atoms with Crippen molar-refractivity contribution in [3.8, 4) is 0 Å². The number of benzene rings is 2. The monoisotopic (exact) mass is 400 g/mol. The number of alkyl halides is 3. The number of hydrogen-bond donors (Lipinski definition) is 2. The minimum absolute atomic E-state index is 0.356. The van der Waals surface area contributed by atoms with Crippen LogP contribution in [0.15, 0.2) is 41.3 Å². The second kappa shape index (κ2) is 7.69. The van der Waals surface area contributed by atoms with Crippen molar-refractivity contribution in [1.82, 2.24) is 4.72 Å². The Kier molecular flexibility index (Phi) is 5.96. The Morgan fingerprint density at radius 3 is 2.00 bits per heavy atom. The van der Waals surface area contributed by atoms with Gasteiger partial charge >= 0.3 is 6.18 Å². The largest absolute Gasteiger partial charge is 0.416 e. The zero-order valence-corrected chi connectivity index (χ0v) is 15.8. The maximum absolute atomic E-state index is 12.5. The summed E-state index contributed by atoms with van der Waals surface area (Å²) in [6, 6.07) is 6.81. The number of rotatable bonds is 5. The lowest BCUT2D eigenvalue weighted by molar-refractivity contribution is -0.137. The van der Waals surface area contributed by atoms with Gasteiger partial charge in [0.1, 0.15) is 0 Å². The number of sulfonamides is 1.